The number of ketones is 1. The Kier molecular flexibility index (Phi) is 7.65. The Morgan fingerprint density at radius 3 is 2.79 bits per heavy atom. The van der Waals surface area contributed by atoms with E-state index in [0.717, 1.165) is 23.2 Å². The van der Waals surface area contributed by atoms with Gasteiger partial charge in [-0.2, -0.15) is 0 Å². The molecule has 8 nitrogen and oxygen atoms in total. The molecule has 1 aromatic heterocycles. The second-order valence-corrected chi connectivity index (χ2v) is 8.36. The number of para-hydroxylation sites is 1. The van der Waals surface area contributed by atoms with Crippen molar-refractivity contribution in [3.05, 3.63) is 34.6 Å². The van der Waals surface area contributed by atoms with Crippen molar-refractivity contribution in [1.82, 2.24) is 10.3 Å². The van der Waals surface area contributed by atoms with Crippen molar-refractivity contribution in [2.45, 2.75) is 31.3 Å². The molecule has 4 rings (SSSR count). The third-order valence-electron chi connectivity index (χ3n) is 5.27. The van der Waals surface area contributed by atoms with E-state index in [1.54, 1.807) is 0 Å². The number of nitrogens with zero attached hydrogens (tertiary/aromatic N) is 3. The molecule has 2 heterocycles. The van der Waals surface area contributed by atoms with Crippen LogP contribution in [0.4, 0.5) is 0 Å². The number of amides is 1. The van der Waals surface area contributed by atoms with Gasteiger partial charge in [0.05, 0.1) is 16.3 Å². The maximum atomic E-state index is 13.1. The van der Waals surface area contributed by atoms with Crippen molar-refractivity contribution in [2.75, 3.05) is 13.1 Å². The van der Waals surface area contributed by atoms with Crippen molar-refractivity contribution in [3.63, 3.8) is 0 Å². The zero-order chi connectivity index (χ0) is 19.7. The SMILES string of the molecule is NC(N)=NCCCC(NC(=O)C1[N-]CC2CC21)C(=O)c1nc2ccccc2s1.[Ac]. The number of nitrogens with one attached hydrogen (secondary N) is 1. The first-order valence-electron chi connectivity index (χ1n) is 9.45. The number of rotatable bonds is 8. The summed E-state index contributed by atoms with van der Waals surface area (Å²) >= 11 is 1.34. The molecule has 151 valence electrons. The number of nitrogens with two attached hydrogens (primary N) is 2. The minimum Gasteiger partial charge on any atom is -0.651 e. The zero-order valence-corrected chi connectivity index (χ0v) is 21.5. The van der Waals surface area contributed by atoms with Gasteiger partial charge < -0.3 is 22.1 Å². The zero-order valence-electron chi connectivity index (χ0n) is 16.0. The first-order valence-corrected chi connectivity index (χ1v) is 10.3. The third kappa shape index (κ3) is 5.35. The largest absolute Gasteiger partial charge is 0.651 e. The molecule has 1 aliphatic carbocycles. The molecule has 1 saturated carbocycles. The number of guanidine groups is 1. The summed E-state index contributed by atoms with van der Waals surface area (Å²) in [6, 6.07) is 6.62. The standard InChI is InChI=1S/C19H23N6O2S.Ac/c20-19(21)22-7-3-5-13(24-17(27)15-11-8-10(11)9-23-15)16(26)18-25-12-4-1-2-6-14(12)28-18;/h1-2,4,6,10-11,13,15H,3,5,7-9H2,(H,24,27)(H4,20,21,22);/q-1;. The van der Waals surface area contributed by atoms with Gasteiger partial charge in [-0.25, -0.2) is 4.98 Å². The fourth-order valence-corrected chi connectivity index (χ4v) is 4.65. The summed E-state index contributed by atoms with van der Waals surface area (Å²) in [5.41, 5.74) is 11.5. The van der Waals surface area contributed by atoms with E-state index in [2.05, 4.69) is 20.6 Å². The van der Waals surface area contributed by atoms with E-state index in [-0.39, 0.29) is 67.8 Å². The van der Waals surface area contributed by atoms with E-state index in [1.165, 1.54) is 11.3 Å². The van der Waals surface area contributed by atoms with Crippen molar-refractivity contribution in [1.29, 1.82) is 0 Å². The number of piperidine rings is 1. The van der Waals surface area contributed by atoms with Crippen LogP contribution in [0.2, 0.25) is 0 Å². The Bertz CT molecular complexity index is 895. The van der Waals surface area contributed by atoms with E-state index in [9.17, 15) is 9.59 Å². The normalized spacial score (nSPS) is 23.0. The molecule has 1 aromatic carbocycles. The number of carbonyl (C=O) groups excluding carboxylic acids is 2. The Hall–Kier alpha value is -1.08. The predicted molar refractivity (Wildman–Crippen MR) is 109 cm³/mol. The summed E-state index contributed by atoms with van der Waals surface area (Å²) in [5.74, 6) is 0.578. The molecule has 29 heavy (non-hydrogen) atoms. The van der Waals surface area contributed by atoms with Gasteiger partial charge in [-0.05, 0) is 37.3 Å². The fraction of sp³-hybridized carbons (Fsp3) is 0.474. The maximum Gasteiger partial charge on any atom is 0.213 e. The molecule has 0 spiro atoms. The molecule has 1 radical (unpaired) electrons. The molecule has 1 aliphatic heterocycles. The summed E-state index contributed by atoms with van der Waals surface area (Å²) in [7, 11) is 0. The Labute approximate surface area is 208 Å². The van der Waals surface area contributed by atoms with Crippen LogP contribution in [0.25, 0.3) is 15.5 Å². The number of hydrogen-bond acceptors (Lipinski definition) is 5. The van der Waals surface area contributed by atoms with Crippen LogP contribution in [0.3, 0.4) is 0 Å². The minimum atomic E-state index is -0.657. The molecule has 1 saturated heterocycles. The second-order valence-electron chi connectivity index (χ2n) is 7.33. The number of aromatic nitrogens is 1. The number of thiazole rings is 1. The summed E-state index contributed by atoms with van der Waals surface area (Å²) in [6.45, 7) is 1.16. The van der Waals surface area contributed by atoms with Crippen LogP contribution >= 0.6 is 11.3 Å². The van der Waals surface area contributed by atoms with Crippen LogP contribution in [0.1, 0.15) is 29.1 Å². The molecule has 2 fully saturated rings. The first-order chi connectivity index (χ1) is 13.5. The Morgan fingerprint density at radius 1 is 1.34 bits per heavy atom. The first kappa shape index (κ1) is 22.6. The molecular weight excluding hydrogens is 603 g/mol. The fourth-order valence-electron chi connectivity index (χ4n) is 3.69. The van der Waals surface area contributed by atoms with Gasteiger partial charge in [-0.15, -0.1) is 17.9 Å². The van der Waals surface area contributed by atoms with Crippen LogP contribution in [0, 0.1) is 55.9 Å². The van der Waals surface area contributed by atoms with Gasteiger partial charge in [0.2, 0.25) is 11.7 Å². The van der Waals surface area contributed by atoms with Gasteiger partial charge in [-0.3, -0.25) is 14.6 Å². The third-order valence-corrected chi connectivity index (χ3v) is 6.32. The van der Waals surface area contributed by atoms with E-state index < -0.39 is 6.04 Å². The van der Waals surface area contributed by atoms with Crippen LogP contribution in [-0.4, -0.2) is 47.8 Å². The van der Waals surface area contributed by atoms with E-state index in [1.807, 2.05) is 24.3 Å². The molecule has 2 aromatic rings. The molecule has 10 heteroatoms. The predicted octanol–water partition coefficient (Wildman–Crippen LogP) is 1.41. The Morgan fingerprint density at radius 2 is 2.14 bits per heavy atom. The van der Waals surface area contributed by atoms with Crippen LogP contribution in [-0.2, 0) is 4.79 Å². The number of Topliss-reactive ketones (excluding diaryl/α,β-unsaturated/α-hetero) is 1. The summed E-state index contributed by atoms with van der Waals surface area (Å²) in [6.07, 6.45) is 2.08. The summed E-state index contributed by atoms with van der Waals surface area (Å²) in [5, 5.41) is 7.74. The summed E-state index contributed by atoms with van der Waals surface area (Å²) < 4.78 is 0.947. The molecular formula is C19H23AcN6O2S-. The van der Waals surface area contributed by atoms with Gasteiger partial charge >= 0.3 is 0 Å². The summed E-state index contributed by atoms with van der Waals surface area (Å²) in [4.78, 5) is 34.2. The van der Waals surface area contributed by atoms with Crippen LogP contribution < -0.4 is 16.8 Å². The smallest absolute Gasteiger partial charge is 0.213 e. The number of carbonyl (C=O) groups is 2. The van der Waals surface area contributed by atoms with Crippen LogP contribution in [0.15, 0.2) is 29.3 Å². The van der Waals surface area contributed by atoms with Gasteiger partial charge in [0.15, 0.2) is 11.0 Å². The van der Waals surface area contributed by atoms with Crippen molar-refractivity contribution >= 4 is 39.2 Å². The van der Waals surface area contributed by atoms with Gasteiger partial charge in [-0.1, -0.05) is 24.1 Å². The van der Waals surface area contributed by atoms with E-state index in [0.29, 0.717) is 36.2 Å². The molecule has 1 amide bonds. The topological polar surface area (TPSA) is 138 Å². The van der Waals surface area contributed by atoms with E-state index >= 15 is 0 Å². The second kappa shape index (κ2) is 9.82. The van der Waals surface area contributed by atoms with Crippen molar-refractivity contribution in [2.24, 2.45) is 28.3 Å². The number of hydrogen-bond donors (Lipinski definition) is 3. The molecule has 4 unspecified atom stereocenters. The van der Waals surface area contributed by atoms with Crippen LogP contribution in [0.5, 0.6) is 0 Å². The average Bonchev–Trinajstić information content (AvgIpc) is 3.13. The van der Waals surface area contributed by atoms with Gasteiger partial charge in [0, 0.05) is 50.6 Å². The number of aliphatic imine (C=N–C) groups is 1. The van der Waals surface area contributed by atoms with Crippen molar-refractivity contribution < 1.29 is 53.7 Å². The molecule has 0 bridgehead atoms. The minimum absolute atomic E-state index is 0. The maximum absolute atomic E-state index is 13.1. The van der Waals surface area contributed by atoms with Gasteiger partial charge in [0.25, 0.3) is 0 Å². The molecule has 2 aliphatic rings. The average molecular weight is 627 g/mol. The molecule has 4 atom stereocenters. The Balaban J connectivity index is 0.00000240. The molecule has 5 N–H and O–H groups in total. The number of benzene rings is 1. The van der Waals surface area contributed by atoms with Gasteiger partial charge in [0.1, 0.15) is 0 Å². The van der Waals surface area contributed by atoms with Crippen molar-refractivity contribution in [3.8, 4) is 0 Å². The quantitative estimate of drug-likeness (QED) is 0.176. The number of fused-ring (bicyclic) bond motifs is 2. The monoisotopic (exact) mass is 626 g/mol. The van der Waals surface area contributed by atoms with E-state index in [4.69, 9.17) is 11.5 Å².